The van der Waals surface area contributed by atoms with Crippen LogP contribution in [-0.4, -0.2) is 59.9 Å². The summed E-state index contributed by atoms with van der Waals surface area (Å²) in [6.07, 6.45) is 0.166. The Morgan fingerprint density at radius 2 is 1.83 bits per heavy atom. The molecule has 3 rings (SSSR count). The second-order valence-electron chi connectivity index (χ2n) is 6.27. The molecule has 2 atom stereocenters. The Morgan fingerprint density at radius 3 is 2.42 bits per heavy atom. The number of rotatable bonds is 4. The number of fused-ring (bicyclic) bond motifs is 1. The molecule has 1 aromatic carbocycles. The van der Waals surface area contributed by atoms with Gasteiger partial charge in [-0.1, -0.05) is 12.1 Å². The molecule has 2 unspecified atom stereocenters. The summed E-state index contributed by atoms with van der Waals surface area (Å²) < 4.78 is 5.79. The summed E-state index contributed by atoms with van der Waals surface area (Å²) in [6, 6.07) is 7.62. The van der Waals surface area contributed by atoms with Crippen molar-refractivity contribution in [3.05, 3.63) is 24.3 Å². The number of morpholine rings is 1. The Bertz CT molecular complexity index is 742. The molecule has 0 radical (unpaired) electrons. The van der Waals surface area contributed by atoms with Gasteiger partial charge in [-0.3, -0.25) is 4.79 Å². The molecule has 1 saturated heterocycles. The molecule has 7 heteroatoms. The van der Waals surface area contributed by atoms with Crippen LogP contribution in [0.5, 0.6) is 0 Å². The van der Waals surface area contributed by atoms with Crippen LogP contribution in [0.1, 0.15) is 13.8 Å². The van der Waals surface area contributed by atoms with Gasteiger partial charge in [0, 0.05) is 20.1 Å². The first-order valence-corrected chi connectivity index (χ1v) is 8.04. The summed E-state index contributed by atoms with van der Waals surface area (Å²) in [6.45, 7) is 5.32. The van der Waals surface area contributed by atoms with Crippen LogP contribution in [0.2, 0.25) is 0 Å². The SMILES string of the molecule is CC1CN(c2nc3ccccc3nc2N(C)CC(=O)O)CC(C)O1. The Morgan fingerprint density at radius 1 is 1.25 bits per heavy atom. The van der Waals surface area contributed by atoms with Gasteiger partial charge in [-0.05, 0) is 26.0 Å². The fraction of sp³-hybridized carbons (Fsp3) is 0.471. The van der Waals surface area contributed by atoms with Crippen LogP contribution >= 0.6 is 0 Å². The van der Waals surface area contributed by atoms with Crippen LogP contribution < -0.4 is 9.80 Å². The van der Waals surface area contributed by atoms with Gasteiger partial charge in [0.15, 0.2) is 11.6 Å². The molecule has 1 aromatic heterocycles. The average Bonchev–Trinajstić information content (AvgIpc) is 2.52. The van der Waals surface area contributed by atoms with Crippen LogP contribution in [0.25, 0.3) is 11.0 Å². The van der Waals surface area contributed by atoms with E-state index in [0.29, 0.717) is 24.7 Å². The van der Waals surface area contributed by atoms with Gasteiger partial charge in [-0.25, -0.2) is 9.97 Å². The van der Waals surface area contributed by atoms with Gasteiger partial charge in [-0.2, -0.15) is 0 Å². The predicted octanol–water partition coefficient (Wildman–Crippen LogP) is 1.76. The molecule has 1 N–H and O–H groups in total. The number of nitrogens with zero attached hydrogens (tertiary/aromatic N) is 4. The Hall–Kier alpha value is -2.41. The second kappa shape index (κ2) is 6.60. The molecule has 128 valence electrons. The monoisotopic (exact) mass is 330 g/mol. The normalized spacial score (nSPS) is 21.0. The van der Waals surface area contributed by atoms with E-state index in [0.717, 1.165) is 11.0 Å². The number of hydrogen-bond donors (Lipinski definition) is 1. The number of anilines is 2. The summed E-state index contributed by atoms with van der Waals surface area (Å²) in [5.41, 5.74) is 1.55. The lowest BCUT2D eigenvalue weighted by atomic mass is 10.2. The number of carbonyl (C=O) groups is 1. The molecular formula is C17H22N4O3. The molecule has 0 amide bonds. The molecule has 2 heterocycles. The molecular weight excluding hydrogens is 308 g/mol. The van der Waals surface area contributed by atoms with Crippen LogP contribution in [-0.2, 0) is 9.53 Å². The Labute approximate surface area is 140 Å². The van der Waals surface area contributed by atoms with E-state index in [9.17, 15) is 4.79 Å². The van der Waals surface area contributed by atoms with E-state index in [2.05, 4.69) is 9.88 Å². The summed E-state index contributed by atoms with van der Waals surface area (Å²) in [7, 11) is 1.73. The van der Waals surface area contributed by atoms with Crippen LogP contribution in [0, 0.1) is 0 Å². The highest BCUT2D eigenvalue weighted by molar-refractivity contribution is 5.82. The predicted molar refractivity (Wildman–Crippen MR) is 92.7 cm³/mol. The minimum Gasteiger partial charge on any atom is -0.480 e. The number of likely N-dealkylation sites (N-methyl/N-ethyl adjacent to an activating group) is 1. The number of carboxylic acids is 1. The summed E-state index contributed by atoms with van der Waals surface area (Å²) in [5, 5.41) is 9.12. The molecule has 1 aliphatic heterocycles. The lowest BCUT2D eigenvalue weighted by Crippen LogP contribution is -2.46. The zero-order chi connectivity index (χ0) is 17.3. The smallest absolute Gasteiger partial charge is 0.323 e. The molecule has 1 aliphatic rings. The van der Waals surface area contributed by atoms with Gasteiger partial charge >= 0.3 is 5.97 Å². The zero-order valence-corrected chi connectivity index (χ0v) is 14.1. The minimum absolute atomic E-state index is 0.0830. The van der Waals surface area contributed by atoms with Crippen molar-refractivity contribution in [3.63, 3.8) is 0 Å². The maximum absolute atomic E-state index is 11.1. The number of hydrogen-bond acceptors (Lipinski definition) is 6. The van der Waals surface area contributed by atoms with E-state index in [1.54, 1.807) is 11.9 Å². The summed E-state index contributed by atoms with van der Waals surface area (Å²) >= 11 is 0. The molecule has 0 saturated carbocycles. The van der Waals surface area contributed by atoms with Gasteiger partial charge in [0.25, 0.3) is 0 Å². The Balaban J connectivity index is 2.07. The first kappa shape index (κ1) is 16.4. The highest BCUT2D eigenvalue weighted by atomic mass is 16.5. The first-order valence-electron chi connectivity index (χ1n) is 8.04. The fourth-order valence-corrected chi connectivity index (χ4v) is 3.08. The largest absolute Gasteiger partial charge is 0.480 e. The average molecular weight is 330 g/mol. The standard InChI is InChI=1S/C17H22N4O3/c1-11-8-21(9-12(2)24-11)17-16(20(3)10-15(22)23)18-13-6-4-5-7-14(13)19-17/h4-7,11-12H,8-10H2,1-3H3,(H,22,23). The van der Waals surface area contributed by atoms with Gasteiger partial charge < -0.3 is 19.6 Å². The number of aliphatic carboxylic acids is 1. The van der Waals surface area contributed by atoms with Crippen molar-refractivity contribution in [3.8, 4) is 0 Å². The van der Waals surface area contributed by atoms with E-state index < -0.39 is 5.97 Å². The quantitative estimate of drug-likeness (QED) is 0.915. The van der Waals surface area contributed by atoms with E-state index in [4.69, 9.17) is 14.8 Å². The molecule has 24 heavy (non-hydrogen) atoms. The van der Waals surface area contributed by atoms with Gasteiger partial charge in [0.1, 0.15) is 6.54 Å². The third kappa shape index (κ3) is 3.41. The molecule has 0 spiro atoms. The minimum atomic E-state index is -0.901. The number of ether oxygens (including phenoxy) is 1. The zero-order valence-electron chi connectivity index (χ0n) is 14.1. The van der Waals surface area contributed by atoms with Crippen LogP contribution in [0.3, 0.4) is 0 Å². The van der Waals surface area contributed by atoms with Gasteiger partial charge in [-0.15, -0.1) is 0 Å². The number of carboxylic acid groups (broad SMARTS) is 1. The molecule has 2 aromatic rings. The lowest BCUT2D eigenvalue weighted by Gasteiger charge is -2.37. The first-order chi connectivity index (χ1) is 11.4. The molecule has 0 aliphatic carbocycles. The van der Waals surface area contributed by atoms with E-state index in [1.165, 1.54) is 0 Å². The fourth-order valence-electron chi connectivity index (χ4n) is 3.08. The van der Waals surface area contributed by atoms with Gasteiger partial charge in [0.2, 0.25) is 0 Å². The Kier molecular flexibility index (Phi) is 4.53. The maximum Gasteiger partial charge on any atom is 0.323 e. The van der Waals surface area contributed by atoms with Crippen molar-refractivity contribution in [1.29, 1.82) is 0 Å². The van der Waals surface area contributed by atoms with E-state index in [1.807, 2.05) is 38.1 Å². The summed E-state index contributed by atoms with van der Waals surface area (Å²) in [5.74, 6) is 0.388. The van der Waals surface area contributed by atoms with Crippen LogP contribution in [0.15, 0.2) is 24.3 Å². The number of para-hydroxylation sites is 2. The topological polar surface area (TPSA) is 78.8 Å². The highest BCUT2D eigenvalue weighted by Gasteiger charge is 2.27. The van der Waals surface area contributed by atoms with Crippen molar-refractivity contribution in [2.75, 3.05) is 36.5 Å². The van der Waals surface area contributed by atoms with Crippen molar-refractivity contribution in [2.45, 2.75) is 26.1 Å². The lowest BCUT2D eigenvalue weighted by molar-refractivity contribution is -0.135. The van der Waals surface area contributed by atoms with Crippen molar-refractivity contribution >= 4 is 28.6 Å². The molecule has 7 nitrogen and oxygen atoms in total. The second-order valence-corrected chi connectivity index (χ2v) is 6.27. The number of aromatic nitrogens is 2. The highest BCUT2D eigenvalue weighted by Crippen LogP contribution is 2.29. The summed E-state index contributed by atoms with van der Waals surface area (Å²) in [4.78, 5) is 24.3. The van der Waals surface area contributed by atoms with Crippen LogP contribution in [0.4, 0.5) is 11.6 Å². The molecule has 0 bridgehead atoms. The number of benzene rings is 1. The third-order valence-corrected chi connectivity index (χ3v) is 3.99. The van der Waals surface area contributed by atoms with Crippen molar-refractivity contribution < 1.29 is 14.6 Å². The third-order valence-electron chi connectivity index (χ3n) is 3.99. The van der Waals surface area contributed by atoms with Crippen molar-refractivity contribution in [1.82, 2.24) is 9.97 Å². The van der Waals surface area contributed by atoms with Gasteiger partial charge in [0.05, 0.1) is 23.2 Å². The van der Waals surface area contributed by atoms with E-state index in [-0.39, 0.29) is 18.8 Å². The maximum atomic E-state index is 11.1. The molecule has 1 fully saturated rings. The van der Waals surface area contributed by atoms with E-state index >= 15 is 0 Å². The van der Waals surface area contributed by atoms with Crippen molar-refractivity contribution in [2.24, 2.45) is 0 Å².